The molecule has 1 unspecified atom stereocenters. The second kappa shape index (κ2) is 6.08. The third-order valence-corrected chi connectivity index (χ3v) is 3.90. The summed E-state index contributed by atoms with van der Waals surface area (Å²) in [4.78, 5) is 18.3. The minimum Gasteiger partial charge on any atom is -0.493 e. The molecule has 0 spiro atoms. The molecule has 1 amide bonds. The number of amides is 1. The number of fused-ring (bicyclic) bond motifs is 1. The highest BCUT2D eigenvalue weighted by Crippen LogP contribution is 2.50. The van der Waals surface area contributed by atoms with E-state index >= 15 is 0 Å². The molecule has 7 heteroatoms. The van der Waals surface area contributed by atoms with Gasteiger partial charge in [-0.05, 0) is 18.2 Å². The van der Waals surface area contributed by atoms with Crippen LogP contribution < -0.4 is 19.1 Å². The Hall–Kier alpha value is -3.27. The van der Waals surface area contributed by atoms with Gasteiger partial charge in [-0.15, -0.1) is 0 Å². The van der Waals surface area contributed by atoms with Gasteiger partial charge in [0.05, 0.1) is 44.8 Å². The molecule has 7 nitrogen and oxygen atoms in total. The van der Waals surface area contributed by atoms with Crippen molar-refractivity contribution < 1.29 is 19.0 Å². The van der Waals surface area contributed by atoms with Crippen molar-refractivity contribution in [1.29, 1.82) is 5.26 Å². The first kappa shape index (κ1) is 15.6. The summed E-state index contributed by atoms with van der Waals surface area (Å²) in [5.41, 5.74) is 1.34. The monoisotopic (exact) mass is 325 g/mol. The average Bonchev–Trinajstić information content (AvgIpc) is 2.92. The molecule has 2 aromatic rings. The second-order valence-corrected chi connectivity index (χ2v) is 5.02. The minimum atomic E-state index is -0.841. The first-order valence-electron chi connectivity index (χ1n) is 7.14. The molecule has 0 saturated carbocycles. The SMILES string of the molecule is COc1cc2c(c(OC)c1OC)C(C#N)N(c1cccnc1)C2=O. The van der Waals surface area contributed by atoms with Crippen molar-refractivity contribution in [1.82, 2.24) is 4.98 Å². The van der Waals surface area contributed by atoms with E-state index in [0.29, 0.717) is 34.1 Å². The van der Waals surface area contributed by atoms with E-state index in [2.05, 4.69) is 11.1 Å². The summed E-state index contributed by atoms with van der Waals surface area (Å²) < 4.78 is 16.1. The molecule has 1 atom stereocenters. The van der Waals surface area contributed by atoms with Crippen LogP contribution in [-0.2, 0) is 0 Å². The summed E-state index contributed by atoms with van der Waals surface area (Å²) >= 11 is 0. The summed E-state index contributed by atoms with van der Waals surface area (Å²) in [5.74, 6) is 0.716. The van der Waals surface area contributed by atoms with E-state index in [1.165, 1.54) is 32.4 Å². The van der Waals surface area contributed by atoms with E-state index in [0.717, 1.165) is 0 Å². The third-order valence-electron chi connectivity index (χ3n) is 3.90. The van der Waals surface area contributed by atoms with Gasteiger partial charge in [0, 0.05) is 11.8 Å². The molecule has 1 aliphatic heterocycles. The van der Waals surface area contributed by atoms with Crippen LogP contribution in [0.1, 0.15) is 22.0 Å². The maximum absolute atomic E-state index is 12.9. The number of anilines is 1. The van der Waals surface area contributed by atoms with Crippen LogP contribution in [-0.4, -0.2) is 32.2 Å². The number of hydrogen-bond acceptors (Lipinski definition) is 6. The molecule has 1 aliphatic rings. The molecular formula is C17H15N3O4. The van der Waals surface area contributed by atoms with Crippen molar-refractivity contribution in [3.8, 4) is 23.3 Å². The molecule has 1 aromatic heterocycles. The Balaban J connectivity index is 2.26. The Bertz CT molecular complexity index is 830. The molecule has 3 rings (SSSR count). The Morgan fingerprint density at radius 1 is 1.21 bits per heavy atom. The van der Waals surface area contributed by atoms with Crippen molar-refractivity contribution >= 4 is 11.6 Å². The van der Waals surface area contributed by atoms with Crippen LogP contribution >= 0.6 is 0 Å². The van der Waals surface area contributed by atoms with Gasteiger partial charge in [-0.2, -0.15) is 5.26 Å². The number of rotatable bonds is 4. The van der Waals surface area contributed by atoms with Gasteiger partial charge < -0.3 is 14.2 Å². The zero-order chi connectivity index (χ0) is 17.3. The predicted octanol–water partition coefficient (Wildman–Crippen LogP) is 2.33. The number of benzene rings is 1. The molecule has 0 radical (unpaired) electrons. The van der Waals surface area contributed by atoms with E-state index in [1.54, 1.807) is 24.4 Å². The van der Waals surface area contributed by atoms with Crippen LogP contribution in [0.25, 0.3) is 0 Å². The van der Waals surface area contributed by atoms with Crippen LogP contribution in [0.2, 0.25) is 0 Å². The van der Waals surface area contributed by atoms with Crippen molar-refractivity contribution in [2.45, 2.75) is 6.04 Å². The minimum absolute atomic E-state index is 0.316. The number of carbonyl (C=O) groups excluding carboxylic acids is 1. The van der Waals surface area contributed by atoms with Gasteiger partial charge in [-0.3, -0.25) is 14.7 Å². The zero-order valence-corrected chi connectivity index (χ0v) is 13.4. The van der Waals surface area contributed by atoms with Gasteiger partial charge in [0.2, 0.25) is 5.75 Å². The molecule has 0 saturated heterocycles. The third kappa shape index (κ3) is 2.12. The quantitative estimate of drug-likeness (QED) is 0.858. The highest BCUT2D eigenvalue weighted by Gasteiger charge is 2.42. The highest BCUT2D eigenvalue weighted by atomic mass is 16.5. The maximum atomic E-state index is 12.9. The number of ether oxygens (including phenoxy) is 3. The number of carbonyl (C=O) groups is 1. The van der Waals surface area contributed by atoms with E-state index < -0.39 is 6.04 Å². The normalized spacial score (nSPS) is 15.7. The van der Waals surface area contributed by atoms with E-state index in [9.17, 15) is 10.1 Å². The average molecular weight is 325 g/mol. The van der Waals surface area contributed by atoms with Crippen LogP contribution in [0.4, 0.5) is 5.69 Å². The summed E-state index contributed by atoms with van der Waals surface area (Å²) in [6.45, 7) is 0. The van der Waals surface area contributed by atoms with Crippen LogP contribution in [0, 0.1) is 11.3 Å². The fraction of sp³-hybridized carbons (Fsp3) is 0.235. The molecule has 0 aliphatic carbocycles. The van der Waals surface area contributed by atoms with E-state index in [1.807, 2.05) is 0 Å². The van der Waals surface area contributed by atoms with Gasteiger partial charge in [0.15, 0.2) is 17.5 Å². The topological polar surface area (TPSA) is 84.7 Å². The molecule has 2 heterocycles. The lowest BCUT2D eigenvalue weighted by Crippen LogP contribution is -2.27. The fourth-order valence-electron chi connectivity index (χ4n) is 2.89. The number of methoxy groups -OCH3 is 3. The molecule has 24 heavy (non-hydrogen) atoms. The largest absolute Gasteiger partial charge is 0.493 e. The van der Waals surface area contributed by atoms with Crippen LogP contribution in [0.15, 0.2) is 30.6 Å². The molecule has 0 bridgehead atoms. The lowest BCUT2D eigenvalue weighted by atomic mass is 10.0. The maximum Gasteiger partial charge on any atom is 0.260 e. The zero-order valence-electron chi connectivity index (χ0n) is 13.4. The molecule has 0 fully saturated rings. The number of nitriles is 1. The summed E-state index contributed by atoms with van der Waals surface area (Å²) in [5, 5.41) is 9.68. The molecule has 0 N–H and O–H groups in total. The van der Waals surface area contributed by atoms with Crippen molar-refractivity contribution in [2.75, 3.05) is 26.2 Å². The van der Waals surface area contributed by atoms with Crippen LogP contribution in [0.5, 0.6) is 17.2 Å². The lowest BCUT2D eigenvalue weighted by Gasteiger charge is -2.20. The van der Waals surface area contributed by atoms with E-state index in [4.69, 9.17) is 14.2 Å². The van der Waals surface area contributed by atoms with Gasteiger partial charge in [0.1, 0.15) is 0 Å². The summed E-state index contributed by atoms with van der Waals surface area (Å²) in [6, 6.07) is 6.32. The second-order valence-electron chi connectivity index (χ2n) is 5.02. The Kier molecular flexibility index (Phi) is 3.96. The summed E-state index contributed by atoms with van der Waals surface area (Å²) in [6.07, 6.45) is 3.14. The molecular weight excluding hydrogens is 310 g/mol. The Morgan fingerprint density at radius 2 is 1.96 bits per heavy atom. The fourth-order valence-corrected chi connectivity index (χ4v) is 2.89. The van der Waals surface area contributed by atoms with E-state index in [-0.39, 0.29) is 5.91 Å². The van der Waals surface area contributed by atoms with Crippen molar-refractivity contribution in [3.63, 3.8) is 0 Å². The summed E-state index contributed by atoms with van der Waals surface area (Å²) in [7, 11) is 4.41. The van der Waals surface area contributed by atoms with Gasteiger partial charge in [-0.1, -0.05) is 0 Å². The van der Waals surface area contributed by atoms with Gasteiger partial charge >= 0.3 is 0 Å². The van der Waals surface area contributed by atoms with Crippen molar-refractivity contribution in [2.24, 2.45) is 0 Å². The number of hydrogen-bond donors (Lipinski definition) is 0. The van der Waals surface area contributed by atoms with Crippen molar-refractivity contribution in [3.05, 3.63) is 41.7 Å². The Morgan fingerprint density at radius 3 is 2.50 bits per heavy atom. The van der Waals surface area contributed by atoms with Crippen LogP contribution in [0.3, 0.4) is 0 Å². The first-order chi connectivity index (χ1) is 11.7. The number of pyridine rings is 1. The highest BCUT2D eigenvalue weighted by molar-refractivity contribution is 6.12. The standard InChI is InChI=1S/C17H15N3O4/c1-22-13-7-11-14(16(24-3)15(13)23-2)12(8-18)20(17(11)21)10-5-4-6-19-9-10/h4-7,9,12H,1-3H3. The molecule has 122 valence electrons. The first-order valence-corrected chi connectivity index (χ1v) is 7.14. The van der Waals surface area contributed by atoms with Gasteiger partial charge in [0.25, 0.3) is 5.91 Å². The molecule has 1 aromatic carbocycles. The smallest absolute Gasteiger partial charge is 0.260 e. The lowest BCUT2D eigenvalue weighted by molar-refractivity contribution is 0.0994. The van der Waals surface area contributed by atoms with Gasteiger partial charge in [-0.25, -0.2) is 0 Å². The Labute approximate surface area is 139 Å². The number of nitrogens with zero attached hydrogens (tertiary/aromatic N) is 3. The number of aromatic nitrogens is 1. The predicted molar refractivity (Wildman–Crippen MR) is 85.5 cm³/mol.